The van der Waals surface area contributed by atoms with E-state index in [-0.39, 0.29) is 12.0 Å². The molecule has 1 aromatic carbocycles. The minimum atomic E-state index is -0.610. The van der Waals surface area contributed by atoms with Gasteiger partial charge in [-0.1, -0.05) is 24.3 Å². The Hall–Kier alpha value is -1.39. The number of nitrogens with one attached hydrogen (secondary N) is 1. The number of hydrogen-bond acceptors (Lipinski definition) is 3. The Morgan fingerprint density at radius 2 is 2.21 bits per heavy atom. The maximum absolute atomic E-state index is 11.6. The molecule has 0 fully saturated rings. The Balaban J connectivity index is 2.04. The Labute approximate surface area is 114 Å². The molecule has 0 aromatic heterocycles. The second kappa shape index (κ2) is 5.72. The van der Waals surface area contributed by atoms with Crippen LogP contribution in [0, 0.1) is 5.41 Å². The molecule has 4 nitrogen and oxygen atoms in total. The highest BCUT2D eigenvalue weighted by Crippen LogP contribution is 2.33. The van der Waals surface area contributed by atoms with Crippen LogP contribution in [0.2, 0.25) is 0 Å². The second-order valence-electron chi connectivity index (χ2n) is 5.75. The van der Waals surface area contributed by atoms with Crippen molar-refractivity contribution in [2.24, 2.45) is 11.3 Å². The van der Waals surface area contributed by atoms with Crippen molar-refractivity contribution in [3.8, 4) is 0 Å². The van der Waals surface area contributed by atoms with Gasteiger partial charge in [0.25, 0.3) is 0 Å². The van der Waals surface area contributed by atoms with Crippen molar-refractivity contribution < 1.29 is 9.53 Å². The molecule has 1 amide bonds. The van der Waals surface area contributed by atoms with Gasteiger partial charge in [-0.2, -0.15) is 0 Å². The number of amides is 1. The quantitative estimate of drug-likeness (QED) is 0.496. The molecule has 2 rings (SSSR count). The van der Waals surface area contributed by atoms with Gasteiger partial charge in [0, 0.05) is 0 Å². The van der Waals surface area contributed by atoms with Gasteiger partial charge in [0.2, 0.25) is 5.91 Å². The van der Waals surface area contributed by atoms with Gasteiger partial charge in [0.1, 0.15) is 0 Å². The summed E-state index contributed by atoms with van der Waals surface area (Å²) < 4.78 is 5.98. The molecule has 0 bridgehead atoms. The number of benzene rings is 1. The zero-order valence-corrected chi connectivity index (χ0v) is 11.6. The zero-order valence-electron chi connectivity index (χ0n) is 11.6. The van der Waals surface area contributed by atoms with Gasteiger partial charge in [-0.05, 0) is 44.2 Å². The first-order valence-corrected chi connectivity index (χ1v) is 6.75. The summed E-state index contributed by atoms with van der Waals surface area (Å²) in [5, 5.41) is 0. The average Bonchev–Trinajstić information content (AvgIpc) is 2.44. The Morgan fingerprint density at radius 3 is 2.95 bits per heavy atom. The van der Waals surface area contributed by atoms with Crippen molar-refractivity contribution in [1.82, 2.24) is 5.43 Å². The molecule has 1 atom stereocenters. The molecule has 1 aliphatic carbocycles. The lowest BCUT2D eigenvalue weighted by atomic mass is 9.88. The van der Waals surface area contributed by atoms with Crippen LogP contribution in [0.1, 0.15) is 43.9 Å². The third-order valence-corrected chi connectivity index (χ3v) is 3.71. The summed E-state index contributed by atoms with van der Waals surface area (Å²) in [7, 11) is 0. The lowest BCUT2D eigenvalue weighted by molar-refractivity contribution is -0.134. The summed E-state index contributed by atoms with van der Waals surface area (Å²) in [6.45, 7) is 4.04. The fraction of sp³-hybridized carbons (Fsp3) is 0.533. The van der Waals surface area contributed by atoms with Gasteiger partial charge in [-0.25, -0.2) is 5.84 Å². The first kappa shape index (κ1) is 14.0. The molecular weight excluding hydrogens is 240 g/mol. The molecule has 0 saturated heterocycles. The molecule has 1 unspecified atom stereocenters. The minimum absolute atomic E-state index is 0.0924. The summed E-state index contributed by atoms with van der Waals surface area (Å²) in [6.07, 6.45) is 3.35. The monoisotopic (exact) mass is 262 g/mol. The Morgan fingerprint density at radius 1 is 1.47 bits per heavy atom. The molecule has 0 saturated carbocycles. The predicted octanol–water partition coefficient (Wildman–Crippen LogP) is 2.10. The molecule has 1 aromatic rings. The van der Waals surface area contributed by atoms with E-state index in [9.17, 15) is 4.79 Å². The highest BCUT2D eigenvalue weighted by Gasteiger charge is 2.30. The van der Waals surface area contributed by atoms with Crippen LogP contribution >= 0.6 is 0 Å². The second-order valence-corrected chi connectivity index (χ2v) is 5.75. The van der Waals surface area contributed by atoms with Crippen LogP contribution in [0.5, 0.6) is 0 Å². The number of hydrazine groups is 1. The van der Waals surface area contributed by atoms with Crippen molar-refractivity contribution in [1.29, 1.82) is 0 Å². The fourth-order valence-electron chi connectivity index (χ4n) is 2.45. The molecule has 1 aliphatic rings. The van der Waals surface area contributed by atoms with E-state index in [0.29, 0.717) is 6.61 Å². The molecular formula is C15H22N2O2. The molecule has 0 heterocycles. The maximum atomic E-state index is 11.6. The van der Waals surface area contributed by atoms with Crippen LogP contribution in [0.15, 0.2) is 24.3 Å². The van der Waals surface area contributed by atoms with Crippen molar-refractivity contribution in [2.45, 2.75) is 39.2 Å². The van der Waals surface area contributed by atoms with Crippen LogP contribution < -0.4 is 11.3 Å². The number of carbonyl (C=O) groups excluding carboxylic acids is 1. The van der Waals surface area contributed by atoms with Crippen LogP contribution in [0.3, 0.4) is 0 Å². The molecule has 3 N–H and O–H groups in total. The Kier molecular flexibility index (Phi) is 4.22. The van der Waals surface area contributed by atoms with E-state index in [2.05, 4.69) is 23.6 Å². The van der Waals surface area contributed by atoms with E-state index < -0.39 is 5.41 Å². The van der Waals surface area contributed by atoms with Gasteiger partial charge in [-0.15, -0.1) is 0 Å². The Bertz CT molecular complexity index is 457. The van der Waals surface area contributed by atoms with E-state index in [4.69, 9.17) is 10.6 Å². The van der Waals surface area contributed by atoms with E-state index in [1.165, 1.54) is 11.1 Å². The van der Waals surface area contributed by atoms with Crippen molar-refractivity contribution in [3.63, 3.8) is 0 Å². The highest BCUT2D eigenvalue weighted by molar-refractivity contribution is 5.81. The summed E-state index contributed by atoms with van der Waals surface area (Å²) >= 11 is 0. The molecule has 104 valence electrons. The first-order chi connectivity index (χ1) is 9.04. The first-order valence-electron chi connectivity index (χ1n) is 6.75. The van der Waals surface area contributed by atoms with Crippen LogP contribution in [0.4, 0.5) is 0 Å². The topological polar surface area (TPSA) is 64.3 Å². The van der Waals surface area contributed by atoms with Gasteiger partial charge >= 0.3 is 0 Å². The normalized spacial score (nSPS) is 18.8. The van der Waals surface area contributed by atoms with Crippen LogP contribution in [-0.2, 0) is 16.0 Å². The van der Waals surface area contributed by atoms with E-state index in [1.54, 1.807) is 0 Å². The number of carbonyl (C=O) groups is 1. The van der Waals surface area contributed by atoms with Gasteiger partial charge in [-0.3, -0.25) is 10.2 Å². The SMILES string of the molecule is CC(C)(COC1CCCc2ccccc21)C(=O)NN. The summed E-state index contributed by atoms with van der Waals surface area (Å²) in [6, 6.07) is 8.38. The molecule has 4 heteroatoms. The minimum Gasteiger partial charge on any atom is -0.372 e. The summed E-state index contributed by atoms with van der Waals surface area (Å²) in [5.74, 6) is 4.99. The molecule has 0 aliphatic heterocycles. The number of rotatable bonds is 4. The van der Waals surface area contributed by atoms with Gasteiger partial charge < -0.3 is 4.74 Å². The number of nitrogens with two attached hydrogens (primary N) is 1. The lowest BCUT2D eigenvalue weighted by Crippen LogP contribution is -2.43. The average molecular weight is 262 g/mol. The third-order valence-electron chi connectivity index (χ3n) is 3.71. The molecule has 19 heavy (non-hydrogen) atoms. The zero-order chi connectivity index (χ0) is 13.9. The van der Waals surface area contributed by atoms with Crippen molar-refractivity contribution >= 4 is 5.91 Å². The third kappa shape index (κ3) is 3.14. The van der Waals surface area contributed by atoms with Crippen LogP contribution in [-0.4, -0.2) is 12.5 Å². The van der Waals surface area contributed by atoms with Crippen molar-refractivity contribution in [2.75, 3.05) is 6.61 Å². The summed E-state index contributed by atoms with van der Waals surface area (Å²) in [5.41, 5.74) is 4.21. The standard InChI is InChI=1S/C15H22N2O2/c1-15(2,14(18)17-16)10-19-13-9-5-7-11-6-3-4-8-12(11)13/h3-4,6,8,13H,5,7,9-10,16H2,1-2H3,(H,17,18). The van der Waals surface area contributed by atoms with Crippen LogP contribution in [0.25, 0.3) is 0 Å². The number of hydrogen-bond donors (Lipinski definition) is 2. The predicted molar refractivity (Wildman–Crippen MR) is 74.2 cm³/mol. The van der Waals surface area contributed by atoms with Crippen molar-refractivity contribution in [3.05, 3.63) is 35.4 Å². The number of ether oxygens (including phenoxy) is 1. The number of aryl methyl sites for hydroxylation is 1. The smallest absolute Gasteiger partial charge is 0.241 e. The molecule has 0 spiro atoms. The van der Waals surface area contributed by atoms with E-state index in [0.717, 1.165) is 19.3 Å². The fourth-order valence-corrected chi connectivity index (χ4v) is 2.45. The van der Waals surface area contributed by atoms with E-state index in [1.807, 2.05) is 19.9 Å². The summed E-state index contributed by atoms with van der Waals surface area (Å²) in [4.78, 5) is 11.6. The van der Waals surface area contributed by atoms with E-state index >= 15 is 0 Å². The van der Waals surface area contributed by atoms with Gasteiger partial charge in [0.05, 0.1) is 18.1 Å². The lowest BCUT2D eigenvalue weighted by Gasteiger charge is -2.29. The highest BCUT2D eigenvalue weighted by atomic mass is 16.5. The molecule has 0 radical (unpaired) electrons. The maximum Gasteiger partial charge on any atom is 0.241 e. The number of fused-ring (bicyclic) bond motifs is 1. The largest absolute Gasteiger partial charge is 0.372 e. The van der Waals surface area contributed by atoms with Gasteiger partial charge in [0.15, 0.2) is 0 Å².